The monoisotopic (exact) mass is 396 g/mol. The number of ether oxygens (including phenoxy) is 1. The van der Waals surface area contributed by atoms with Crippen molar-refractivity contribution in [2.45, 2.75) is 33.7 Å². The van der Waals surface area contributed by atoms with Crippen molar-refractivity contribution in [3.8, 4) is 0 Å². The number of esters is 1. The van der Waals surface area contributed by atoms with E-state index in [9.17, 15) is 14.7 Å². The summed E-state index contributed by atoms with van der Waals surface area (Å²) < 4.78 is 7.23. The summed E-state index contributed by atoms with van der Waals surface area (Å²) in [6.07, 6.45) is 3.02. The minimum Gasteiger partial charge on any atom is -0.462 e. The van der Waals surface area contributed by atoms with E-state index in [4.69, 9.17) is 4.74 Å². The van der Waals surface area contributed by atoms with E-state index in [1.165, 1.54) is 6.20 Å². The molecule has 2 aromatic heterocycles. The lowest BCUT2D eigenvalue weighted by Gasteiger charge is -2.32. The molecule has 0 bridgehead atoms. The Labute approximate surface area is 148 Å². The van der Waals surface area contributed by atoms with E-state index in [2.05, 4.69) is 20.9 Å². The molecule has 2 aromatic rings. The highest BCUT2D eigenvalue weighted by atomic mass is 79.9. The minimum absolute atomic E-state index is 0.0508. The van der Waals surface area contributed by atoms with Crippen LogP contribution in [-0.2, 0) is 4.74 Å². The van der Waals surface area contributed by atoms with Crippen LogP contribution >= 0.6 is 15.9 Å². The van der Waals surface area contributed by atoms with Gasteiger partial charge in [-0.25, -0.2) is 9.78 Å². The molecule has 2 rings (SSSR count). The SMILES string of the molecule is CCOC(=O)c1cn([C@H](CO)C(C)(C)C)c2cnc(Br)cc2c1=O. The van der Waals surface area contributed by atoms with Crippen LogP contribution in [0.4, 0.5) is 0 Å². The molecule has 1 N–H and O–H groups in total. The highest BCUT2D eigenvalue weighted by Crippen LogP contribution is 2.32. The summed E-state index contributed by atoms with van der Waals surface area (Å²) in [7, 11) is 0. The molecule has 0 saturated carbocycles. The standard InChI is InChI=1S/C17H21BrN2O4/c1-5-24-16(23)11-8-20(13(9-21)17(2,3)4)12-7-19-14(18)6-10(12)15(11)22/h6-8,13,21H,5,9H2,1-4H3/t13-/m1/s1. The molecule has 0 fully saturated rings. The van der Waals surface area contributed by atoms with Gasteiger partial charge in [-0.3, -0.25) is 4.79 Å². The molecule has 0 amide bonds. The second kappa shape index (κ2) is 7.03. The van der Waals surface area contributed by atoms with Gasteiger partial charge in [0.25, 0.3) is 0 Å². The van der Waals surface area contributed by atoms with E-state index >= 15 is 0 Å². The third kappa shape index (κ3) is 3.52. The highest BCUT2D eigenvalue weighted by molar-refractivity contribution is 9.10. The van der Waals surface area contributed by atoms with E-state index in [-0.39, 0.29) is 30.2 Å². The van der Waals surface area contributed by atoms with E-state index < -0.39 is 11.4 Å². The Balaban J connectivity index is 2.85. The summed E-state index contributed by atoms with van der Waals surface area (Å²) in [6.45, 7) is 7.67. The molecule has 0 unspecified atom stereocenters. The lowest BCUT2D eigenvalue weighted by Crippen LogP contribution is -2.31. The van der Waals surface area contributed by atoms with Crippen molar-refractivity contribution in [2.75, 3.05) is 13.2 Å². The number of fused-ring (bicyclic) bond motifs is 1. The van der Waals surface area contributed by atoms with Crippen molar-refractivity contribution in [1.82, 2.24) is 9.55 Å². The van der Waals surface area contributed by atoms with Gasteiger partial charge in [-0.1, -0.05) is 20.8 Å². The smallest absolute Gasteiger partial charge is 0.343 e. The first kappa shape index (κ1) is 18.6. The summed E-state index contributed by atoms with van der Waals surface area (Å²) in [5.74, 6) is -0.670. The number of aliphatic hydroxyl groups is 1. The summed E-state index contributed by atoms with van der Waals surface area (Å²) in [6, 6.07) is 1.24. The molecule has 0 aliphatic heterocycles. The first-order valence-electron chi connectivity index (χ1n) is 7.69. The van der Waals surface area contributed by atoms with Gasteiger partial charge in [-0.15, -0.1) is 0 Å². The van der Waals surface area contributed by atoms with Gasteiger partial charge in [-0.2, -0.15) is 0 Å². The third-order valence-corrected chi connectivity index (χ3v) is 4.32. The van der Waals surface area contributed by atoms with Crippen LogP contribution < -0.4 is 5.43 Å². The van der Waals surface area contributed by atoms with Crippen LogP contribution in [0.1, 0.15) is 44.1 Å². The molecule has 7 heteroatoms. The van der Waals surface area contributed by atoms with E-state index in [0.29, 0.717) is 15.5 Å². The number of aromatic nitrogens is 2. The minimum atomic E-state index is -0.670. The number of hydrogen-bond donors (Lipinski definition) is 1. The molecule has 0 aliphatic carbocycles. The van der Waals surface area contributed by atoms with Crippen molar-refractivity contribution >= 4 is 32.8 Å². The molecule has 24 heavy (non-hydrogen) atoms. The van der Waals surface area contributed by atoms with Gasteiger partial charge >= 0.3 is 5.97 Å². The summed E-state index contributed by atoms with van der Waals surface area (Å²) >= 11 is 3.25. The van der Waals surface area contributed by atoms with Crippen molar-refractivity contribution in [3.05, 3.63) is 38.9 Å². The van der Waals surface area contributed by atoms with Gasteiger partial charge in [0.1, 0.15) is 10.2 Å². The van der Waals surface area contributed by atoms with Crippen molar-refractivity contribution in [3.63, 3.8) is 0 Å². The average Bonchev–Trinajstić information content (AvgIpc) is 2.49. The summed E-state index contributed by atoms with van der Waals surface area (Å²) in [5, 5.41) is 10.2. The maximum absolute atomic E-state index is 12.7. The fourth-order valence-corrected chi connectivity index (χ4v) is 2.95. The number of halogens is 1. The Kier molecular flexibility index (Phi) is 5.45. The molecular weight excluding hydrogens is 376 g/mol. The van der Waals surface area contributed by atoms with Crippen LogP contribution in [0.5, 0.6) is 0 Å². The van der Waals surface area contributed by atoms with Crippen molar-refractivity contribution in [2.24, 2.45) is 5.41 Å². The largest absolute Gasteiger partial charge is 0.462 e. The molecular formula is C17H21BrN2O4. The zero-order valence-corrected chi connectivity index (χ0v) is 15.8. The van der Waals surface area contributed by atoms with Gasteiger partial charge in [0.2, 0.25) is 5.43 Å². The number of carbonyl (C=O) groups excluding carboxylic acids is 1. The van der Waals surface area contributed by atoms with Crippen LogP contribution in [-0.4, -0.2) is 33.8 Å². The topological polar surface area (TPSA) is 81.4 Å². The van der Waals surface area contributed by atoms with Gasteiger partial charge in [-0.05, 0) is 34.3 Å². The molecule has 130 valence electrons. The zero-order chi connectivity index (χ0) is 18.1. The molecule has 0 radical (unpaired) electrons. The molecule has 0 aliphatic rings. The second-order valence-electron chi connectivity index (χ2n) is 6.59. The zero-order valence-electron chi connectivity index (χ0n) is 14.2. The number of aliphatic hydroxyl groups excluding tert-OH is 1. The van der Waals surface area contributed by atoms with Gasteiger partial charge in [0.15, 0.2) is 0 Å². The Morgan fingerprint density at radius 2 is 2.12 bits per heavy atom. The van der Waals surface area contributed by atoms with Crippen molar-refractivity contribution in [1.29, 1.82) is 0 Å². The third-order valence-electron chi connectivity index (χ3n) is 3.89. The first-order chi connectivity index (χ1) is 11.2. The quantitative estimate of drug-likeness (QED) is 0.634. The Morgan fingerprint density at radius 1 is 1.46 bits per heavy atom. The fourth-order valence-electron chi connectivity index (χ4n) is 2.61. The van der Waals surface area contributed by atoms with Crippen molar-refractivity contribution < 1.29 is 14.6 Å². The van der Waals surface area contributed by atoms with E-state index in [0.717, 1.165) is 0 Å². The molecule has 0 spiro atoms. The predicted octanol–water partition coefficient (Wildman–Crippen LogP) is 2.92. The van der Waals surface area contributed by atoms with Gasteiger partial charge < -0.3 is 14.4 Å². The Bertz CT molecular complexity index is 824. The average molecular weight is 397 g/mol. The molecule has 0 aromatic carbocycles. The van der Waals surface area contributed by atoms with Crippen LogP contribution in [0.15, 0.2) is 27.9 Å². The van der Waals surface area contributed by atoms with Crippen LogP contribution in [0.25, 0.3) is 10.9 Å². The molecule has 0 saturated heterocycles. The first-order valence-corrected chi connectivity index (χ1v) is 8.48. The number of pyridine rings is 2. The lowest BCUT2D eigenvalue weighted by atomic mass is 9.86. The van der Waals surface area contributed by atoms with E-state index in [1.807, 2.05) is 20.8 Å². The van der Waals surface area contributed by atoms with Gasteiger partial charge in [0, 0.05) is 6.20 Å². The fraction of sp³-hybridized carbons (Fsp3) is 0.471. The van der Waals surface area contributed by atoms with Crippen LogP contribution in [0.3, 0.4) is 0 Å². The summed E-state index contributed by atoms with van der Waals surface area (Å²) in [4.78, 5) is 29.0. The lowest BCUT2D eigenvalue weighted by molar-refractivity contribution is 0.0522. The highest BCUT2D eigenvalue weighted by Gasteiger charge is 2.28. The molecule has 1 atom stereocenters. The maximum Gasteiger partial charge on any atom is 0.343 e. The number of carbonyl (C=O) groups is 1. The second-order valence-corrected chi connectivity index (χ2v) is 7.40. The van der Waals surface area contributed by atoms with Gasteiger partial charge in [0.05, 0.1) is 36.4 Å². The van der Waals surface area contributed by atoms with Crippen LogP contribution in [0, 0.1) is 5.41 Å². The number of rotatable bonds is 4. The maximum atomic E-state index is 12.7. The summed E-state index contributed by atoms with van der Waals surface area (Å²) in [5.41, 5.74) is -0.195. The molecule has 6 nitrogen and oxygen atoms in total. The number of nitrogens with zero attached hydrogens (tertiary/aromatic N) is 2. The Morgan fingerprint density at radius 3 is 2.67 bits per heavy atom. The predicted molar refractivity (Wildman–Crippen MR) is 95.2 cm³/mol. The van der Waals surface area contributed by atoms with Crippen LogP contribution in [0.2, 0.25) is 0 Å². The Hall–Kier alpha value is -1.73. The normalized spacial score (nSPS) is 13.1. The number of hydrogen-bond acceptors (Lipinski definition) is 5. The molecule has 2 heterocycles. The van der Waals surface area contributed by atoms with E-state index in [1.54, 1.807) is 23.8 Å².